The van der Waals surface area contributed by atoms with E-state index in [0.29, 0.717) is 12.6 Å². The molecule has 116 valence electrons. The van der Waals surface area contributed by atoms with Crippen LogP contribution in [0.3, 0.4) is 0 Å². The van der Waals surface area contributed by atoms with Crippen LogP contribution in [0.2, 0.25) is 0 Å². The second-order valence-electron chi connectivity index (χ2n) is 5.06. The van der Waals surface area contributed by atoms with Gasteiger partial charge < -0.3 is 15.0 Å². The minimum atomic E-state index is -0.392. The number of esters is 1. The van der Waals surface area contributed by atoms with Crippen molar-refractivity contribution in [3.05, 3.63) is 0 Å². The Hall–Kier alpha value is -1.30. The Balaban J connectivity index is 2.25. The van der Waals surface area contributed by atoms with Crippen molar-refractivity contribution < 1.29 is 14.3 Å². The van der Waals surface area contributed by atoms with E-state index in [0.717, 1.165) is 39.0 Å². The summed E-state index contributed by atoms with van der Waals surface area (Å²) >= 11 is 0. The Labute approximate surface area is 121 Å². The molecule has 0 unspecified atom stereocenters. The minimum Gasteiger partial charge on any atom is -0.465 e. The lowest BCUT2D eigenvalue weighted by molar-refractivity contribution is -0.141. The molecule has 20 heavy (non-hydrogen) atoms. The maximum absolute atomic E-state index is 11.8. The van der Waals surface area contributed by atoms with Gasteiger partial charge in [-0.05, 0) is 32.9 Å². The van der Waals surface area contributed by atoms with Gasteiger partial charge in [-0.15, -0.1) is 0 Å². The first-order valence-electron chi connectivity index (χ1n) is 7.54. The molecule has 1 rings (SSSR count). The standard InChI is InChI=1S/C14H27N3O3/c1-4-7-16(8-5-2)12-10-17(11-12)14(19)15-9-13(18)20-6-3/h12H,4-11H2,1-3H3,(H,15,19). The van der Waals surface area contributed by atoms with Gasteiger partial charge in [0.2, 0.25) is 0 Å². The largest absolute Gasteiger partial charge is 0.465 e. The number of amides is 2. The van der Waals surface area contributed by atoms with E-state index < -0.39 is 5.97 Å². The molecule has 1 heterocycles. The van der Waals surface area contributed by atoms with Crippen molar-refractivity contribution in [3.8, 4) is 0 Å². The topological polar surface area (TPSA) is 61.9 Å². The summed E-state index contributed by atoms with van der Waals surface area (Å²) in [5, 5.41) is 2.59. The highest BCUT2D eigenvalue weighted by molar-refractivity contribution is 5.81. The molecule has 0 bridgehead atoms. The smallest absolute Gasteiger partial charge is 0.325 e. The van der Waals surface area contributed by atoms with E-state index in [9.17, 15) is 9.59 Å². The molecule has 6 nitrogen and oxygen atoms in total. The van der Waals surface area contributed by atoms with Crippen LogP contribution in [-0.2, 0) is 9.53 Å². The molecular formula is C14H27N3O3. The van der Waals surface area contributed by atoms with Crippen LogP contribution >= 0.6 is 0 Å². The molecule has 1 aliphatic heterocycles. The number of nitrogens with zero attached hydrogens (tertiary/aromatic N) is 2. The van der Waals surface area contributed by atoms with Gasteiger partial charge in [-0.25, -0.2) is 4.79 Å². The van der Waals surface area contributed by atoms with Crippen molar-refractivity contribution in [2.24, 2.45) is 0 Å². The lowest BCUT2D eigenvalue weighted by Gasteiger charge is -2.45. The van der Waals surface area contributed by atoms with Gasteiger partial charge in [-0.1, -0.05) is 13.8 Å². The van der Waals surface area contributed by atoms with Gasteiger partial charge in [0, 0.05) is 19.1 Å². The number of likely N-dealkylation sites (tertiary alicyclic amines) is 1. The second kappa shape index (κ2) is 8.79. The quantitative estimate of drug-likeness (QED) is 0.678. The molecule has 6 heteroatoms. The van der Waals surface area contributed by atoms with Gasteiger partial charge in [-0.2, -0.15) is 0 Å². The van der Waals surface area contributed by atoms with Crippen molar-refractivity contribution >= 4 is 12.0 Å². The van der Waals surface area contributed by atoms with Crippen molar-refractivity contribution in [1.82, 2.24) is 15.1 Å². The van der Waals surface area contributed by atoms with E-state index in [-0.39, 0.29) is 12.6 Å². The van der Waals surface area contributed by atoms with Gasteiger partial charge in [0.05, 0.1) is 6.61 Å². The van der Waals surface area contributed by atoms with E-state index in [1.807, 2.05) is 0 Å². The number of carbonyl (C=O) groups excluding carboxylic acids is 2. The summed E-state index contributed by atoms with van der Waals surface area (Å²) in [7, 11) is 0. The van der Waals surface area contributed by atoms with Crippen molar-refractivity contribution in [2.75, 3.05) is 39.3 Å². The van der Waals surface area contributed by atoms with E-state index in [4.69, 9.17) is 4.74 Å². The maximum Gasteiger partial charge on any atom is 0.325 e. The van der Waals surface area contributed by atoms with Crippen molar-refractivity contribution in [3.63, 3.8) is 0 Å². The van der Waals surface area contributed by atoms with Gasteiger partial charge in [0.25, 0.3) is 0 Å². The fraction of sp³-hybridized carbons (Fsp3) is 0.857. The summed E-state index contributed by atoms with van der Waals surface area (Å²) in [5.41, 5.74) is 0. The molecule has 0 aromatic heterocycles. The van der Waals surface area contributed by atoms with Crippen molar-refractivity contribution in [1.29, 1.82) is 0 Å². The van der Waals surface area contributed by atoms with Gasteiger partial charge in [-0.3, -0.25) is 9.69 Å². The number of hydrogen-bond donors (Lipinski definition) is 1. The molecule has 0 radical (unpaired) electrons. The van der Waals surface area contributed by atoms with Crippen LogP contribution in [0.25, 0.3) is 0 Å². The molecule has 1 saturated heterocycles. The highest BCUT2D eigenvalue weighted by Crippen LogP contribution is 2.15. The maximum atomic E-state index is 11.8. The van der Waals surface area contributed by atoms with Crippen LogP contribution < -0.4 is 5.32 Å². The summed E-state index contributed by atoms with van der Waals surface area (Å²) in [6.45, 7) is 10.0. The molecule has 0 aromatic carbocycles. The number of carbonyl (C=O) groups is 2. The second-order valence-corrected chi connectivity index (χ2v) is 5.06. The molecule has 1 aliphatic rings. The minimum absolute atomic E-state index is 0.0541. The van der Waals surface area contributed by atoms with Gasteiger partial charge in [0.1, 0.15) is 6.54 Å². The molecule has 0 saturated carbocycles. The SMILES string of the molecule is CCCN(CCC)C1CN(C(=O)NCC(=O)OCC)C1. The van der Waals surface area contributed by atoms with Crippen LogP contribution in [0.5, 0.6) is 0 Å². The Bertz CT molecular complexity index is 311. The fourth-order valence-electron chi connectivity index (χ4n) is 2.38. The predicted octanol–water partition coefficient (Wildman–Crippen LogP) is 1.07. The predicted molar refractivity (Wildman–Crippen MR) is 77.5 cm³/mol. The number of ether oxygens (including phenoxy) is 1. The number of urea groups is 1. The van der Waals surface area contributed by atoms with E-state index in [1.165, 1.54) is 0 Å². The first-order chi connectivity index (χ1) is 9.62. The van der Waals surface area contributed by atoms with Crippen LogP contribution in [0.1, 0.15) is 33.6 Å². The Morgan fingerprint density at radius 3 is 2.30 bits per heavy atom. The molecule has 0 aliphatic carbocycles. The van der Waals surface area contributed by atoms with Crippen LogP contribution in [-0.4, -0.2) is 67.2 Å². The van der Waals surface area contributed by atoms with E-state index in [1.54, 1.807) is 11.8 Å². The lowest BCUT2D eigenvalue weighted by Crippen LogP contribution is -2.63. The van der Waals surface area contributed by atoms with Crippen LogP contribution in [0.4, 0.5) is 4.79 Å². The monoisotopic (exact) mass is 285 g/mol. The third kappa shape index (κ3) is 5.00. The molecule has 1 fully saturated rings. The Kier molecular flexibility index (Phi) is 7.36. The molecule has 0 spiro atoms. The summed E-state index contributed by atoms with van der Waals surface area (Å²) in [4.78, 5) is 27.1. The molecular weight excluding hydrogens is 258 g/mol. The first-order valence-corrected chi connectivity index (χ1v) is 7.54. The summed E-state index contributed by atoms with van der Waals surface area (Å²) in [5.74, 6) is -0.392. The number of nitrogens with one attached hydrogen (secondary N) is 1. The third-order valence-corrected chi connectivity index (χ3v) is 3.38. The summed E-state index contributed by atoms with van der Waals surface area (Å²) in [6, 6.07) is 0.283. The third-order valence-electron chi connectivity index (χ3n) is 3.38. The average Bonchev–Trinajstić information content (AvgIpc) is 2.35. The lowest BCUT2D eigenvalue weighted by atomic mass is 10.1. The zero-order valence-corrected chi connectivity index (χ0v) is 12.9. The van der Waals surface area contributed by atoms with Gasteiger partial charge in [0.15, 0.2) is 0 Å². The fourth-order valence-corrected chi connectivity index (χ4v) is 2.38. The molecule has 2 amide bonds. The normalized spacial score (nSPS) is 15.1. The summed E-state index contributed by atoms with van der Waals surface area (Å²) < 4.78 is 4.77. The van der Waals surface area contributed by atoms with E-state index in [2.05, 4.69) is 24.1 Å². The van der Waals surface area contributed by atoms with Gasteiger partial charge >= 0.3 is 12.0 Å². The molecule has 0 aromatic rings. The Morgan fingerprint density at radius 1 is 1.20 bits per heavy atom. The highest BCUT2D eigenvalue weighted by Gasteiger charge is 2.34. The molecule has 1 N–H and O–H groups in total. The Morgan fingerprint density at radius 2 is 1.80 bits per heavy atom. The average molecular weight is 285 g/mol. The first kappa shape index (κ1) is 16.8. The number of hydrogen-bond acceptors (Lipinski definition) is 4. The zero-order chi connectivity index (χ0) is 15.0. The molecule has 0 atom stereocenters. The van der Waals surface area contributed by atoms with Crippen molar-refractivity contribution in [2.45, 2.75) is 39.7 Å². The van der Waals surface area contributed by atoms with Crippen LogP contribution in [0, 0.1) is 0 Å². The summed E-state index contributed by atoms with van der Waals surface area (Å²) in [6.07, 6.45) is 2.26. The number of rotatable bonds is 8. The van der Waals surface area contributed by atoms with Crippen LogP contribution in [0.15, 0.2) is 0 Å². The zero-order valence-electron chi connectivity index (χ0n) is 12.9. The highest BCUT2D eigenvalue weighted by atomic mass is 16.5. The van der Waals surface area contributed by atoms with E-state index >= 15 is 0 Å².